The van der Waals surface area contributed by atoms with Gasteiger partial charge >= 0.3 is 0 Å². The van der Waals surface area contributed by atoms with Crippen LogP contribution in [-0.2, 0) is 4.79 Å². The van der Waals surface area contributed by atoms with E-state index < -0.39 is 6.10 Å². The highest BCUT2D eigenvalue weighted by Crippen LogP contribution is 2.27. The quantitative estimate of drug-likeness (QED) is 0.893. The van der Waals surface area contributed by atoms with Gasteiger partial charge in [0.15, 0.2) is 6.10 Å². The van der Waals surface area contributed by atoms with Crippen molar-refractivity contribution in [3.05, 3.63) is 28.7 Å². The molecule has 1 aromatic rings. The Morgan fingerprint density at radius 2 is 1.82 bits per heavy atom. The third-order valence-corrected chi connectivity index (χ3v) is 5.33. The third kappa shape index (κ3) is 3.63. The monoisotopic (exact) mass is 366 g/mol. The van der Waals surface area contributed by atoms with E-state index in [1.165, 1.54) is 0 Å². The van der Waals surface area contributed by atoms with E-state index >= 15 is 0 Å². The molecule has 2 aliphatic rings. The predicted octanol–water partition coefficient (Wildman–Crippen LogP) is 2.67. The fourth-order valence-corrected chi connectivity index (χ4v) is 3.73. The molecule has 0 bridgehead atoms. The van der Waals surface area contributed by atoms with E-state index in [1.807, 2.05) is 36.1 Å². The van der Waals surface area contributed by atoms with Crippen LogP contribution in [0.2, 0.25) is 0 Å². The molecular formula is C17H23BrN2O2. The third-order valence-electron chi connectivity index (χ3n) is 4.81. The van der Waals surface area contributed by atoms with Crippen LogP contribution in [0.4, 0.5) is 0 Å². The molecule has 4 nitrogen and oxygen atoms in total. The van der Waals surface area contributed by atoms with E-state index in [2.05, 4.69) is 21.2 Å². The molecule has 2 heterocycles. The minimum atomic E-state index is -0.433. The lowest BCUT2D eigenvalue weighted by Gasteiger charge is -2.25. The van der Waals surface area contributed by atoms with Crippen LogP contribution in [0.1, 0.15) is 19.8 Å². The zero-order valence-corrected chi connectivity index (χ0v) is 14.5. The minimum Gasteiger partial charge on any atom is -0.481 e. The van der Waals surface area contributed by atoms with Gasteiger partial charge in [-0.3, -0.25) is 4.79 Å². The van der Waals surface area contributed by atoms with E-state index in [-0.39, 0.29) is 5.91 Å². The molecule has 3 rings (SSSR count). The number of benzene rings is 1. The second kappa shape index (κ2) is 7.01. The number of halogens is 1. The lowest BCUT2D eigenvalue weighted by Crippen LogP contribution is -2.41. The Balaban J connectivity index is 1.57. The van der Waals surface area contributed by atoms with Gasteiger partial charge in [0.1, 0.15) is 5.75 Å². The van der Waals surface area contributed by atoms with Crippen LogP contribution in [0.25, 0.3) is 0 Å². The number of likely N-dealkylation sites (tertiary alicyclic amines) is 1. The largest absolute Gasteiger partial charge is 0.481 e. The van der Waals surface area contributed by atoms with E-state index in [4.69, 9.17) is 4.74 Å². The summed E-state index contributed by atoms with van der Waals surface area (Å²) in [4.78, 5) is 14.6. The van der Waals surface area contributed by atoms with Gasteiger partial charge in [-0.05, 0) is 69.0 Å². The molecule has 5 heteroatoms. The van der Waals surface area contributed by atoms with Crippen molar-refractivity contribution in [1.29, 1.82) is 0 Å². The Labute approximate surface area is 140 Å². The Hall–Kier alpha value is -1.07. The Morgan fingerprint density at radius 1 is 1.23 bits per heavy atom. The molecule has 1 amide bonds. The van der Waals surface area contributed by atoms with Gasteiger partial charge in [-0.15, -0.1) is 0 Å². The van der Waals surface area contributed by atoms with Gasteiger partial charge in [-0.25, -0.2) is 0 Å². The smallest absolute Gasteiger partial charge is 0.263 e. The number of hydrogen-bond donors (Lipinski definition) is 1. The number of fused-ring (bicyclic) bond motifs is 1. The van der Waals surface area contributed by atoms with Crippen molar-refractivity contribution >= 4 is 21.8 Å². The lowest BCUT2D eigenvalue weighted by atomic mass is 9.92. The number of ether oxygens (including phenoxy) is 1. The Morgan fingerprint density at radius 3 is 2.41 bits per heavy atom. The summed E-state index contributed by atoms with van der Waals surface area (Å²) in [6.45, 7) is 5.78. The molecule has 2 fully saturated rings. The van der Waals surface area contributed by atoms with Crippen molar-refractivity contribution in [3.63, 3.8) is 0 Å². The highest BCUT2D eigenvalue weighted by atomic mass is 79.9. The van der Waals surface area contributed by atoms with Crippen molar-refractivity contribution in [1.82, 2.24) is 10.2 Å². The van der Waals surface area contributed by atoms with E-state index in [0.717, 1.165) is 61.1 Å². The number of hydrogen-bond acceptors (Lipinski definition) is 3. The Bertz CT molecular complexity index is 506. The molecule has 1 unspecified atom stereocenters. The molecule has 2 aliphatic heterocycles. The Kier molecular flexibility index (Phi) is 5.03. The first-order valence-corrected chi connectivity index (χ1v) is 8.84. The fourth-order valence-electron chi connectivity index (χ4n) is 3.46. The van der Waals surface area contributed by atoms with Crippen molar-refractivity contribution in [2.24, 2.45) is 11.8 Å². The summed E-state index contributed by atoms with van der Waals surface area (Å²) >= 11 is 3.40. The van der Waals surface area contributed by atoms with Crippen LogP contribution in [0, 0.1) is 11.8 Å². The molecule has 0 spiro atoms. The summed E-state index contributed by atoms with van der Waals surface area (Å²) in [6, 6.07) is 7.61. The van der Waals surface area contributed by atoms with Crippen molar-refractivity contribution in [2.75, 3.05) is 26.2 Å². The highest BCUT2D eigenvalue weighted by Gasteiger charge is 2.32. The zero-order chi connectivity index (χ0) is 15.5. The van der Waals surface area contributed by atoms with Crippen LogP contribution in [0.5, 0.6) is 5.75 Å². The van der Waals surface area contributed by atoms with Gasteiger partial charge < -0.3 is 15.0 Å². The van der Waals surface area contributed by atoms with E-state index in [0.29, 0.717) is 0 Å². The normalized spacial score (nSPS) is 26.2. The molecular weight excluding hydrogens is 344 g/mol. The van der Waals surface area contributed by atoms with Gasteiger partial charge in [-0.1, -0.05) is 15.9 Å². The number of carbonyl (C=O) groups is 1. The number of nitrogens with one attached hydrogen (secondary N) is 1. The SMILES string of the molecule is CC(Oc1ccc(Br)cc1)C(=O)N1CC[C@@H]2CNC[C@@H]2CC1. The summed E-state index contributed by atoms with van der Waals surface area (Å²) in [5, 5.41) is 3.46. The molecule has 1 aromatic carbocycles. The van der Waals surface area contributed by atoms with E-state index in [9.17, 15) is 4.79 Å². The summed E-state index contributed by atoms with van der Waals surface area (Å²) in [6.07, 6.45) is 1.78. The maximum Gasteiger partial charge on any atom is 0.263 e. The molecule has 1 N–H and O–H groups in total. The number of nitrogens with zero attached hydrogens (tertiary/aromatic N) is 1. The number of carbonyl (C=O) groups excluding carboxylic acids is 1. The maximum atomic E-state index is 12.6. The molecule has 0 saturated carbocycles. The lowest BCUT2D eigenvalue weighted by molar-refractivity contribution is -0.137. The average molecular weight is 367 g/mol. The topological polar surface area (TPSA) is 41.6 Å². The summed E-state index contributed by atoms with van der Waals surface area (Å²) in [7, 11) is 0. The maximum absolute atomic E-state index is 12.6. The van der Waals surface area contributed by atoms with Gasteiger partial charge in [0.25, 0.3) is 5.91 Å². The molecule has 0 radical (unpaired) electrons. The summed E-state index contributed by atoms with van der Waals surface area (Å²) in [5.74, 6) is 2.32. The van der Waals surface area contributed by atoms with Gasteiger partial charge in [0, 0.05) is 17.6 Å². The average Bonchev–Trinajstić information content (AvgIpc) is 2.87. The standard InChI is InChI=1S/C17H23BrN2O2/c1-12(22-16-4-2-15(18)3-5-16)17(21)20-8-6-13-10-19-11-14(13)7-9-20/h2-5,12-14,19H,6-11H2,1H3/t12?,13-,14+. The first-order valence-electron chi connectivity index (χ1n) is 8.05. The van der Waals surface area contributed by atoms with Crippen molar-refractivity contribution in [2.45, 2.75) is 25.9 Å². The fraction of sp³-hybridized carbons (Fsp3) is 0.588. The van der Waals surface area contributed by atoms with Gasteiger partial charge in [0.2, 0.25) is 0 Å². The van der Waals surface area contributed by atoms with Gasteiger partial charge in [-0.2, -0.15) is 0 Å². The van der Waals surface area contributed by atoms with Crippen molar-refractivity contribution in [3.8, 4) is 5.75 Å². The van der Waals surface area contributed by atoms with Gasteiger partial charge in [0.05, 0.1) is 0 Å². The van der Waals surface area contributed by atoms with E-state index in [1.54, 1.807) is 0 Å². The molecule has 120 valence electrons. The molecule has 3 atom stereocenters. The van der Waals surface area contributed by atoms with Crippen LogP contribution in [0.15, 0.2) is 28.7 Å². The molecule has 0 aliphatic carbocycles. The first kappa shape index (κ1) is 15.8. The number of amides is 1. The first-order chi connectivity index (χ1) is 10.6. The van der Waals surface area contributed by atoms with Crippen LogP contribution < -0.4 is 10.1 Å². The van der Waals surface area contributed by atoms with Crippen molar-refractivity contribution < 1.29 is 9.53 Å². The minimum absolute atomic E-state index is 0.107. The van der Waals surface area contributed by atoms with Crippen LogP contribution in [-0.4, -0.2) is 43.1 Å². The summed E-state index contributed by atoms with van der Waals surface area (Å²) < 4.78 is 6.80. The molecule has 2 saturated heterocycles. The zero-order valence-electron chi connectivity index (χ0n) is 12.9. The van der Waals surface area contributed by atoms with Crippen LogP contribution >= 0.6 is 15.9 Å². The van der Waals surface area contributed by atoms with Crippen LogP contribution in [0.3, 0.4) is 0 Å². The molecule has 0 aromatic heterocycles. The second-order valence-electron chi connectivity index (χ2n) is 6.30. The summed E-state index contributed by atoms with van der Waals surface area (Å²) in [5.41, 5.74) is 0. The second-order valence-corrected chi connectivity index (χ2v) is 7.21. The predicted molar refractivity (Wildman–Crippen MR) is 89.9 cm³/mol. The molecule has 22 heavy (non-hydrogen) atoms. The number of rotatable bonds is 3. The highest BCUT2D eigenvalue weighted by molar-refractivity contribution is 9.10.